The standard InChI is InChI=1S/C14H10BrCl2NOS/c15-9-4-6-10(7-5-9)18-13(19)8-20-14-11(16)2-1-3-12(14)17/h1-7H,8H2,(H,18,19). The Kier molecular flexibility index (Phi) is 5.78. The molecule has 0 aromatic heterocycles. The van der Waals surface area contributed by atoms with Crippen LogP contribution in [-0.2, 0) is 4.79 Å². The Hall–Kier alpha value is -0.680. The first-order valence-electron chi connectivity index (χ1n) is 5.68. The van der Waals surface area contributed by atoms with E-state index in [1.807, 2.05) is 24.3 Å². The van der Waals surface area contributed by atoms with Crippen LogP contribution in [0, 0.1) is 0 Å². The quantitative estimate of drug-likeness (QED) is 0.699. The van der Waals surface area contributed by atoms with Gasteiger partial charge in [0.05, 0.1) is 15.8 Å². The van der Waals surface area contributed by atoms with Crippen LogP contribution in [-0.4, -0.2) is 11.7 Å². The van der Waals surface area contributed by atoms with Crippen LogP contribution < -0.4 is 5.32 Å². The maximum absolute atomic E-state index is 11.9. The van der Waals surface area contributed by atoms with Crippen LogP contribution in [0.25, 0.3) is 0 Å². The van der Waals surface area contributed by atoms with Gasteiger partial charge in [-0.15, -0.1) is 11.8 Å². The van der Waals surface area contributed by atoms with Gasteiger partial charge >= 0.3 is 0 Å². The normalized spacial score (nSPS) is 10.3. The summed E-state index contributed by atoms with van der Waals surface area (Å²) in [4.78, 5) is 12.6. The molecule has 2 aromatic rings. The average Bonchev–Trinajstić information content (AvgIpc) is 2.41. The SMILES string of the molecule is O=C(CSc1c(Cl)cccc1Cl)Nc1ccc(Br)cc1. The minimum atomic E-state index is -0.103. The predicted octanol–water partition coefficient (Wildman–Crippen LogP) is 5.49. The first-order valence-corrected chi connectivity index (χ1v) is 8.22. The van der Waals surface area contributed by atoms with Gasteiger partial charge in [-0.3, -0.25) is 4.79 Å². The molecule has 0 fully saturated rings. The van der Waals surface area contributed by atoms with Gasteiger partial charge in [-0.25, -0.2) is 0 Å². The number of thioether (sulfide) groups is 1. The summed E-state index contributed by atoms with van der Waals surface area (Å²) >= 11 is 16.8. The molecule has 20 heavy (non-hydrogen) atoms. The summed E-state index contributed by atoms with van der Waals surface area (Å²) in [6, 6.07) is 12.7. The van der Waals surface area contributed by atoms with Crippen molar-refractivity contribution in [1.82, 2.24) is 0 Å². The Labute approximate surface area is 140 Å². The maximum atomic E-state index is 11.9. The van der Waals surface area contributed by atoms with Gasteiger partial charge in [0.25, 0.3) is 0 Å². The van der Waals surface area contributed by atoms with E-state index in [9.17, 15) is 4.79 Å². The number of anilines is 1. The van der Waals surface area contributed by atoms with Gasteiger partial charge in [0.15, 0.2) is 0 Å². The van der Waals surface area contributed by atoms with Gasteiger partial charge in [0.1, 0.15) is 0 Å². The average molecular weight is 391 g/mol. The van der Waals surface area contributed by atoms with E-state index >= 15 is 0 Å². The molecule has 0 saturated carbocycles. The number of carbonyl (C=O) groups is 1. The van der Waals surface area contributed by atoms with Crippen molar-refractivity contribution in [2.75, 3.05) is 11.1 Å². The Morgan fingerprint density at radius 3 is 2.30 bits per heavy atom. The Morgan fingerprint density at radius 1 is 1.10 bits per heavy atom. The van der Waals surface area contributed by atoms with E-state index in [2.05, 4.69) is 21.2 Å². The minimum absolute atomic E-state index is 0.103. The van der Waals surface area contributed by atoms with Gasteiger partial charge in [0.2, 0.25) is 5.91 Å². The topological polar surface area (TPSA) is 29.1 Å². The van der Waals surface area contributed by atoms with E-state index in [1.54, 1.807) is 18.2 Å². The molecule has 0 unspecified atom stereocenters. The van der Waals surface area contributed by atoms with Crippen LogP contribution in [0.1, 0.15) is 0 Å². The van der Waals surface area contributed by atoms with E-state index in [4.69, 9.17) is 23.2 Å². The summed E-state index contributed by atoms with van der Waals surface area (Å²) in [5.74, 6) is 0.146. The van der Waals surface area contributed by atoms with Crippen LogP contribution in [0.5, 0.6) is 0 Å². The van der Waals surface area contributed by atoms with Crippen LogP contribution in [0.15, 0.2) is 51.8 Å². The first-order chi connectivity index (χ1) is 9.56. The van der Waals surface area contributed by atoms with Crippen LogP contribution in [0.3, 0.4) is 0 Å². The second kappa shape index (κ2) is 7.36. The zero-order chi connectivity index (χ0) is 14.5. The molecule has 2 aromatic carbocycles. The smallest absolute Gasteiger partial charge is 0.234 e. The van der Waals surface area contributed by atoms with Crippen molar-refractivity contribution < 1.29 is 4.79 Å². The second-order valence-corrected chi connectivity index (χ2v) is 6.61. The summed E-state index contributed by atoms with van der Waals surface area (Å²) in [5.41, 5.74) is 0.754. The molecule has 0 atom stereocenters. The molecule has 0 bridgehead atoms. The van der Waals surface area contributed by atoms with E-state index in [-0.39, 0.29) is 11.7 Å². The highest BCUT2D eigenvalue weighted by molar-refractivity contribution is 9.10. The third-order valence-electron chi connectivity index (χ3n) is 2.39. The van der Waals surface area contributed by atoms with Crippen molar-refractivity contribution in [3.8, 4) is 0 Å². The van der Waals surface area contributed by atoms with Crippen LogP contribution >= 0.6 is 50.9 Å². The highest BCUT2D eigenvalue weighted by atomic mass is 79.9. The number of hydrogen-bond acceptors (Lipinski definition) is 2. The fourth-order valence-corrected chi connectivity index (χ4v) is 3.24. The Bertz CT molecular complexity index is 599. The summed E-state index contributed by atoms with van der Waals surface area (Å²) in [6.45, 7) is 0. The maximum Gasteiger partial charge on any atom is 0.234 e. The number of rotatable bonds is 4. The van der Waals surface area contributed by atoms with Gasteiger partial charge in [-0.2, -0.15) is 0 Å². The zero-order valence-corrected chi connectivity index (χ0v) is 14.1. The van der Waals surface area contributed by atoms with Crippen molar-refractivity contribution >= 4 is 62.5 Å². The summed E-state index contributed by atoms with van der Waals surface area (Å²) in [5, 5.41) is 3.92. The molecule has 0 heterocycles. The molecule has 0 saturated heterocycles. The highest BCUT2D eigenvalue weighted by Crippen LogP contribution is 2.33. The monoisotopic (exact) mass is 389 g/mol. The fraction of sp³-hybridized carbons (Fsp3) is 0.0714. The van der Waals surface area contributed by atoms with Crippen molar-refractivity contribution in [3.05, 3.63) is 57.0 Å². The van der Waals surface area contributed by atoms with Gasteiger partial charge in [-0.05, 0) is 36.4 Å². The second-order valence-electron chi connectivity index (χ2n) is 3.89. The predicted molar refractivity (Wildman–Crippen MR) is 90.0 cm³/mol. The molecule has 6 heteroatoms. The van der Waals surface area contributed by atoms with E-state index in [0.717, 1.165) is 15.1 Å². The molecule has 0 aliphatic rings. The molecule has 0 radical (unpaired) electrons. The number of benzene rings is 2. The van der Waals surface area contributed by atoms with Gasteiger partial charge in [0, 0.05) is 15.1 Å². The van der Waals surface area contributed by atoms with Crippen molar-refractivity contribution in [2.45, 2.75) is 4.90 Å². The third-order valence-corrected chi connectivity index (χ3v) is 4.91. The number of amides is 1. The summed E-state index contributed by atoms with van der Waals surface area (Å²) < 4.78 is 0.965. The van der Waals surface area contributed by atoms with E-state index in [0.29, 0.717) is 10.0 Å². The number of hydrogen-bond donors (Lipinski definition) is 1. The van der Waals surface area contributed by atoms with Crippen molar-refractivity contribution in [3.63, 3.8) is 0 Å². The van der Waals surface area contributed by atoms with Crippen molar-refractivity contribution in [1.29, 1.82) is 0 Å². The van der Waals surface area contributed by atoms with Gasteiger partial charge < -0.3 is 5.32 Å². The number of carbonyl (C=O) groups excluding carboxylic acids is 1. The lowest BCUT2D eigenvalue weighted by atomic mass is 10.3. The van der Waals surface area contributed by atoms with Gasteiger partial charge in [-0.1, -0.05) is 45.2 Å². The van der Waals surface area contributed by atoms with E-state index < -0.39 is 0 Å². The molecular weight excluding hydrogens is 381 g/mol. The summed E-state index contributed by atoms with van der Waals surface area (Å²) in [7, 11) is 0. The molecule has 0 aliphatic carbocycles. The van der Waals surface area contributed by atoms with Crippen molar-refractivity contribution in [2.24, 2.45) is 0 Å². The lowest BCUT2D eigenvalue weighted by Crippen LogP contribution is -2.13. The Balaban J connectivity index is 1.94. The third kappa shape index (κ3) is 4.42. The zero-order valence-electron chi connectivity index (χ0n) is 10.2. The van der Waals surface area contributed by atoms with E-state index in [1.165, 1.54) is 11.8 Å². The largest absolute Gasteiger partial charge is 0.325 e. The summed E-state index contributed by atoms with van der Waals surface area (Å²) in [6.07, 6.45) is 0. The molecule has 2 rings (SSSR count). The highest BCUT2D eigenvalue weighted by Gasteiger charge is 2.09. The fourth-order valence-electron chi connectivity index (χ4n) is 1.49. The number of halogens is 3. The van der Waals surface area contributed by atoms with Crippen LogP contribution in [0.4, 0.5) is 5.69 Å². The lowest BCUT2D eigenvalue weighted by molar-refractivity contribution is -0.113. The molecule has 0 aliphatic heterocycles. The number of nitrogens with one attached hydrogen (secondary N) is 1. The molecule has 0 spiro atoms. The molecule has 2 nitrogen and oxygen atoms in total. The lowest BCUT2D eigenvalue weighted by Gasteiger charge is -2.07. The molecule has 104 valence electrons. The van der Waals surface area contributed by atoms with Crippen LogP contribution in [0.2, 0.25) is 10.0 Å². The molecular formula is C14H10BrCl2NOS. The first kappa shape index (κ1) is 15.7. The minimum Gasteiger partial charge on any atom is -0.325 e. The molecule has 1 amide bonds. The Morgan fingerprint density at radius 2 is 1.70 bits per heavy atom. The molecule has 1 N–H and O–H groups in total.